The van der Waals surface area contributed by atoms with Crippen LogP contribution >= 0.6 is 0 Å². The fraction of sp³-hybridized carbons (Fsp3) is 0.471. The van der Waals surface area contributed by atoms with Gasteiger partial charge in [0.2, 0.25) is 0 Å². The Kier molecular flexibility index (Phi) is 4.48. The molecule has 0 bridgehead atoms. The summed E-state index contributed by atoms with van der Waals surface area (Å²) in [6.45, 7) is 8.78. The van der Waals surface area contributed by atoms with Crippen molar-refractivity contribution in [2.45, 2.75) is 46.5 Å². The third kappa shape index (κ3) is 3.03. The minimum Gasteiger partial charge on any atom is -0.380 e. The van der Waals surface area contributed by atoms with Crippen LogP contribution in [0, 0.1) is 5.92 Å². The summed E-state index contributed by atoms with van der Waals surface area (Å²) in [5.74, 6) is 2.48. The molecule has 1 unspecified atom stereocenters. The highest BCUT2D eigenvalue weighted by atomic mass is 16.5. The molecule has 20 heavy (non-hydrogen) atoms. The van der Waals surface area contributed by atoms with Crippen LogP contribution in [0.5, 0.6) is 0 Å². The van der Waals surface area contributed by atoms with Crippen LogP contribution in [0.2, 0.25) is 0 Å². The van der Waals surface area contributed by atoms with E-state index in [1.165, 1.54) is 5.56 Å². The zero-order valence-corrected chi connectivity index (χ0v) is 12.8. The molecule has 108 valence electrons. The number of aromatic nitrogens is 1. The fourth-order valence-corrected chi connectivity index (χ4v) is 2.28. The molecule has 0 amide bonds. The number of hydrogen-bond donors (Lipinski definition) is 1. The number of hydrogen-bond acceptors (Lipinski definition) is 3. The Bertz CT molecular complexity index is 555. The molecule has 1 atom stereocenters. The lowest BCUT2D eigenvalue weighted by Gasteiger charge is -2.09. The van der Waals surface area contributed by atoms with E-state index >= 15 is 0 Å². The third-order valence-electron chi connectivity index (χ3n) is 3.89. The Morgan fingerprint density at radius 3 is 2.35 bits per heavy atom. The van der Waals surface area contributed by atoms with Gasteiger partial charge in [0.25, 0.3) is 0 Å². The summed E-state index contributed by atoms with van der Waals surface area (Å²) in [5, 5.41) is 3.94. The number of nitrogens with zero attached hydrogens (tertiary/aromatic N) is 1. The monoisotopic (exact) mass is 272 g/mol. The van der Waals surface area contributed by atoms with Gasteiger partial charge in [0.15, 0.2) is 5.82 Å². The fourth-order valence-electron chi connectivity index (χ4n) is 2.28. The zero-order chi connectivity index (χ0) is 14.7. The van der Waals surface area contributed by atoms with Crippen LogP contribution in [0.4, 0.5) is 5.82 Å². The van der Waals surface area contributed by atoms with Crippen LogP contribution < -0.4 is 5.73 Å². The zero-order valence-electron chi connectivity index (χ0n) is 12.8. The van der Waals surface area contributed by atoms with Crippen molar-refractivity contribution in [3.8, 4) is 11.1 Å². The Hall–Kier alpha value is -1.77. The van der Waals surface area contributed by atoms with Gasteiger partial charge in [-0.2, -0.15) is 0 Å². The van der Waals surface area contributed by atoms with Crippen LogP contribution in [0.15, 0.2) is 28.8 Å². The van der Waals surface area contributed by atoms with Crippen molar-refractivity contribution >= 4 is 5.82 Å². The van der Waals surface area contributed by atoms with Crippen LogP contribution in [0.3, 0.4) is 0 Å². The largest absolute Gasteiger partial charge is 0.380 e. The molecule has 0 fully saturated rings. The second-order valence-corrected chi connectivity index (χ2v) is 5.86. The van der Waals surface area contributed by atoms with Gasteiger partial charge in [-0.3, -0.25) is 0 Å². The summed E-state index contributed by atoms with van der Waals surface area (Å²) in [6, 6.07) is 8.52. The van der Waals surface area contributed by atoms with Crippen LogP contribution in [-0.2, 0) is 6.42 Å². The van der Waals surface area contributed by atoms with E-state index in [9.17, 15) is 0 Å². The first kappa shape index (κ1) is 14.6. The first-order valence-electron chi connectivity index (χ1n) is 7.37. The van der Waals surface area contributed by atoms with Crippen molar-refractivity contribution in [2.75, 3.05) is 5.73 Å². The predicted octanol–water partition coefficient (Wildman–Crippen LogP) is 4.64. The van der Waals surface area contributed by atoms with Gasteiger partial charge < -0.3 is 10.3 Å². The van der Waals surface area contributed by atoms with E-state index in [1.54, 1.807) is 0 Å². The number of rotatable bonds is 5. The number of nitrogens with two attached hydrogens (primary N) is 1. The van der Waals surface area contributed by atoms with E-state index in [2.05, 4.69) is 57.1 Å². The molecule has 0 spiro atoms. The van der Waals surface area contributed by atoms with E-state index in [0.717, 1.165) is 29.7 Å². The maximum atomic E-state index is 5.98. The van der Waals surface area contributed by atoms with Crippen molar-refractivity contribution < 1.29 is 4.52 Å². The summed E-state index contributed by atoms with van der Waals surface area (Å²) in [6.07, 6.45) is 1.99. The second-order valence-electron chi connectivity index (χ2n) is 5.86. The molecule has 0 aliphatic carbocycles. The molecule has 2 rings (SSSR count). The Labute approximate surface area is 121 Å². The van der Waals surface area contributed by atoms with E-state index in [1.807, 2.05) is 0 Å². The summed E-state index contributed by atoms with van der Waals surface area (Å²) < 4.78 is 5.43. The predicted molar refractivity (Wildman–Crippen MR) is 83.6 cm³/mol. The molecule has 0 aliphatic heterocycles. The van der Waals surface area contributed by atoms with E-state index in [0.29, 0.717) is 17.7 Å². The standard InChI is InChI=1S/C17H24N2O/c1-5-12(4)10-15-16(17(18)19-20-15)14-8-6-13(7-9-14)11(2)3/h6-9,11-12H,5,10H2,1-4H3,(H2,18,19). The molecule has 2 N–H and O–H groups in total. The number of anilines is 1. The van der Waals surface area contributed by atoms with Crippen LogP contribution in [-0.4, -0.2) is 5.16 Å². The number of benzene rings is 1. The smallest absolute Gasteiger partial charge is 0.175 e. The first-order valence-corrected chi connectivity index (χ1v) is 7.37. The molecule has 0 radical (unpaired) electrons. The molecule has 1 heterocycles. The van der Waals surface area contributed by atoms with Gasteiger partial charge in [-0.25, -0.2) is 0 Å². The van der Waals surface area contributed by atoms with Crippen molar-refractivity contribution in [2.24, 2.45) is 5.92 Å². The van der Waals surface area contributed by atoms with Gasteiger partial charge >= 0.3 is 0 Å². The van der Waals surface area contributed by atoms with E-state index in [4.69, 9.17) is 10.3 Å². The molecular formula is C17H24N2O. The average molecular weight is 272 g/mol. The van der Waals surface area contributed by atoms with Gasteiger partial charge in [0.1, 0.15) is 5.76 Å². The topological polar surface area (TPSA) is 52.0 Å². The van der Waals surface area contributed by atoms with Crippen LogP contribution in [0.25, 0.3) is 11.1 Å². The van der Waals surface area contributed by atoms with Gasteiger partial charge in [0.05, 0.1) is 5.56 Å². The second kappa shape index (κ2) is 6.12. The highest BCUT2D eigenvalue weighted by molar-refractivity contribution is 5.75. The maximum Gasteiger partial charge on any atom is 0.175 e. The first-order chi connectivity index (χ1) is 9.52. The quantitative estimate of drug-likeness (QED) is 0.863. The Morgan fingerprint density at radius 1 is 1.15 bits per heavy atom. The van der Waals surface area contributed by atoms with E-state index < -0.39 is 0 Å². The highest BCUT2D eigenvalue weighted by Gasteiger charge is 2.17. The van der Waals surface area contributed by atoms with Crippen molar-refractivity contribution in [3.05, 3.63) is 35.6 Å². The molecule has 1 aromatic heterocycles. The summed E-state index contributed by atoms with van der Waals surface area (Å²) in [4.78, 5) is 0. The molecule has 0 saturated carbocycles. The molecular weight excluding hydrogens is 248 g/mol. The normalized spacial score (nSPS) is 12.8. The summed E-state index contributed by atoms with van der Waals surface area (Å²) in [5.41, 5.74) is 9.36. The van der Waals surface area contributed by atoms with Gasteiger partial charge in [-0.15, -0.1) is 0 Å². The molecule has 3 nitrogen and oxygen atoms in total. The minimum atomic E-state index is 0.487. The lowest BCUT2D eigenvalue weighted by Crippen LogP contribution is -1.99. The van der Waals surface area contributed by atoms with Crippen molar-refractivity contribution in [1.82, 2.24) is 5.16 Å². The Balaban J connectivity index is 2.34. The molecule has 2 aromatic rings. The van der Waals surface area contributed by atoms with Gasteiger partial charge in [0, 0.05) is 6.42 Å². The van der Waals surface area contributed by atoms with Crippen LogP contribution in [0.1, 0.15) is 51.4 Å². The highest BCUT2D eigenvalue weighted by Crippen LogP contribution is 2.32. The molecule has 0 aliphatic rings. The maximum absolute atomic E-state index is 5.98. The summed E-state index contributed by atoms with van der Waals surface area (Å²) in [7, 11) is 0. The lowest BCUT2D eigenvalue weighted by atomic mass is 9.95. The molecule has 0 saturated heterocycles. The molecule has 1 aromatic carbocycles. The number of nitrogen functional groups attached to an aromatic ring is 1. The van der Waals surface area contributed by atoms with Gasteiger partial charge in [-0.05, 0) is 23.0 Å². The molecule has 3 heteroatoms. The Morgan fingerprint density at radius 2 is 1.80 bits per heavy atom. The average Bonchev–Trinajstić information content (AvgIpc) is 2.79. The van der Waals surface area contributed by atoms with E-state index in [-0.39, 0.29) is 0 Å². The SMILES string of the molecule is CCC(C)Cc1onc(N)c1-c1ccc(C(C)C)cc1. The van der Waals surface area contributed by atoms with Crippen molar-refractivity contribution in [1.29, 1.82) is 0 Å². The van der Waals surface area contributed by atoms with Crippen molar-refractivity contribution in [3.63, 3.8) is 0 Å². The summed E-state index contributed by atoms with van der Waals surface area (Å²) >= 11 is 0. The third-order valence-corrected chi connectivity index (χ3v) is 3.89. The minimum absolute atomic E-state index is 0.487. The van der Waals surface area contributed by atoms with Gasteiger partial charge in [-0.1, -0.05) is 63.5 Å². The lowest BCUT2D eigenvalue weighted by molar-refractivity contribution is 0.364.